The summed E-state index contributed by atoms with van der Waals surface area (Å²) in [6.45, 7) is 0.111. The van der Waals surface area contributed by atoms with E-state index in [0.717, 1.165) is 0 Å². The van der Waals surface area contributed by atoms with Gasteiger partial charge in [-0.2, -0.15) is 0 Å². The van der Waals surface area contributed by atoms with Gasteiger partial charge in [-0.3, -0.25) is 14.6 Å². The van der Waals surface area contributed by atoms with Crippen LogP contribution in [-0.2, 0) is 11.3 Å². The second kappa shape index (κ2) is 9.95. The number of nitrogens with one attached hydrogen (secondary N) is 2. The molecule has 0 saturated heterocycles. The van der Waals surface area contributed by atoms with E-state index in [1.807, 2.05) is 12.1 Å². The summed E-state index contributed by atoms with van der Waals surface area (Å²) in [5.41, 5.74) is 2.24. The van der Waals surface area contributed by atoms with Crippen molar-refractivity contribution in [3.8, 4) is 11.5 Å². The maximum absolute atomic E-state index is 13.0. The smallest absolute Gasteiger partial charge is 0.292 e. The van der Waals surface area contributed by atoms with Crippen molar-refractivity contribution in [1.29, 1.82) is 0 Å². The lowest BCUT2D eigenvalue weighted by Gasteiger charge is -2.36. The molecule has 1 atom stereocenters. The molecule has 0 aliphatic carbocycles. The summed E-state index contributed by atoms with van der Waals surface area (Å²) in [6.07, 6.45) is 3.64. The maximum Gasteiger partial charge on any atom is 0.292 e. The highest BCUT2D eigenvalue weighted by molar-refractivity contribution is 6.04. The number of benzene rings is 2. The summed E-state index contributed by atoms with van der Waals surface area (Å²) in [7, 11) is 3.06. The Balaban J connectivity index is 1.69. The minimum Gasteiger partial charge on any atom is -0.502 e. The molecule has 174 valence electrons. The number of aromatic nitrogens is 1. The van der Waals surface area contributed by atoms with Gasteiger partial charge in [0.2, 0.25) is 0 Å². The van der Waals surface area contributed by atoms with E-state index >= 15 is 0 Å². The molecule has 3 N–H and O–H groups in total. The lowest BCUT2D eigenvalue weighted by molar-refractivity contribution is -0.135. The van der Waals surface area contributed by atoms with Crippen molar-refractivity contribution in [2.24, 2.45) is 0 Å². The van der Waals surface area contributed by atoms with Gasteiger partial charge in [0.25, 0.3) is 11.8 Å². The number of hydrogen-bond acceptors (Lipinski definition) is 7. The molecule has 1 aliphatic rings. The summed E-state index contributed by atoms with van der Waals surface area (Å²) in [5.74, 6) is -0.305. The highest BCUT2D eigenvalue weighted by Crippen LogP contribution is 2.35. The van der Waals surface area contributed by atoms with Crippen molar-refractivity contribution >= 4 is 17.5 Å². The Bertz CT molecular complexity index is 1230. The fourth-order valence-electron chi connectivity index (χ4n) is 3.80. The van der Waals surface area contributed by atoms with Gasteiger partial charge in [0.05, 0.1) is 26.3 Å². The Morgan fingerprint density at radius 2 is 1.94 bits per heavy atom. The lowest BCUT2D eigenvalue weighted by atomic mass is 10.0. The number of ether oxygens (including phenoxy) is 2. The highest BCUT2D eigenvalue weighted by Gasteiger charge is 2.33. The SMILES string of the molecule is COc1cccc(CN2C(=O)C(O)=CNC2c2ccccc2NC(=O)c2cccnc2)c1OC. The Labute approximate surface area is 196 Å². The minimum atomic E-state index is -0.676. The van der Waals surface area contributed by atoms with Gasteiger partial charge >= 0.3 is 0 Å². The number of para-hydroxylation sites is 2. The second-order valence-corrected chi connectivity index (χ2v) is 7.47. The van der Waals surface area contributed by atoms with E-state index < -0.39 is 17.8 Å². The van der Waals surface area contributed by atoms with Crippen molar-refractivity contribution in [1.82, 2.24) is 15.2 Å². The summed E-state index contributed by atoms with van der Waals surface area (Å²) in [6, 6.07) is 15.9. The molecule has 0 spiro atoms. The third kappa shape index (κ3) is 4.49. The van der Waals surface area contributed by atoms with E-state index in [2.05, 4.69) is 15.6 Å². The molecule has 1 unspecified atom stereocenters. The summed E-state index contributed by atoms with van der Waals surface area (Å²) in [5, 5.41) is 16.1. The zero-order valence-electron chi connectivity index (χ0n) is 18.7. The molecule has 2 aromatic carbocycles. The van der Waals surface area contributed by atoms with Crippen LogP contribution in [0.1, 0.15) is 27.7 Å². The molecule has 9 heteroatoms. The van der Waals surface area contributed by atoms with Crippen molar-refractivity contribution in [3.63, 3.8) is 0 Å². The van der Waals surface area contributed by atoms with E-state index in [1.54, 1.807) is 48.7 Å². The van der Waals surface area contributed by atoms with Gasteiger partial charge in [-0.05, 0) is 24.3 Å². The molecule has 0 saturated carbocycles. The molecule has 9 nitrogen and oxygen atoms in total. The number of methoxy groups -OCH3 is 2. The first-order chi connectivity index (χ1) is 16.5. The standard InChI is InChI=1S/C25H24N4O5/c1-33-21-11-5-7-17(22(21)34-2)15-29-23(27-14-20(30)25(29)32)18-9-3-4-10-19(18)28-24(31)16-8-6-12-26-13-16/h3-14,23,27,30H,15H2,1-2H3,(H,28,31). The third-order valence-electron chi connectivity index (χ3n) is 5.42. The predicted molar refractivity (Wildman–Crippen MR) is 125 cm³/mol. The second-order valence-electron chi connectivity index (χ2n) is 7.47. The van der Waals surface area contributed by atoms with Gasteiger partial charge in [0.15, 0.2) is 17.3 Å². The molecule has 1 aromatic heterocycles. The number of aliphatic hydroxyl groups excluding tert-OH is 1. The van der Waals surface area contributed by atoms with Crippen LogP contribution >= 0.6 is 0 Å². The highest BCUT2D eigenvalue weighted by atomic mass is 16.5. The van der Waals surface area contributed by atoms with E-state index in [0.29, 0.717) is 33.9 Å². The Hall–Kier alpha value is -4.53. The van der Waals surface area contributed by atoms with E-state index in [-0.39, 0.29) is 12.5 Å². The van der Waals surface area contributed by atoms with Crippen molar-refractivity contribution < 1.29 is 24.2 Å². The number of anilines is 1. The van der Waals surface area contributed by atoms with E-state index in [4.69, 9.17) is 9.47 Å². The number of aliphatic hydroxyl groups is 1. The average molecular weight is 460 g/mol. The quantitative estimate of drug-likeness (QED) is 0.495. The Morgan fingerprint density at radius 1 is 1.12 bits per heavy atom. The number of carbonyl (C=O) groups is 2. The summed E-state index contributed by atoms with van der Waals surface area (Å²) in [4.78, 5) is 31.2. The van der Waals surface area contributed by atoms with Crippen molar-refractivity contribution in [2.75, 3.05) is 19.5 Å². The van der Waals surface area contributed by atoms with Crippen LogP contribution in [-0.4, -0.2) is 41.0 Å². The zero-order valence-corrected chi connectivity index (χ0v) is 18.7. The van der Waals surface area contributed by atoms with Crippen LogP contribution in [0.4, 0.5) is 5.69 Å². The third-order valence-corrected chi connectivity index (χ3v) is 5.42. The number of rotatable bonds is 7. The van der Waals surface area contributed by atoms with Crippen LogP contribution < -0.4 is 20.1 Å². The zero-order chi connectivity index (χ0) is 24.1. The first kappa shape index (κ1) is 22.7. The minimum absolute atomic E-state index is 0.111. The summed E-state index contributed by atoms with van der Waals surface area (Å²) < 4.78 is 10.9. The predicted octanol–water partition coefficient (Wildman–Crippen LogP) is 3.38. The Kier molecular flexibility index (Phi) is 6.63. The van der Waals surface area contributed by atoms with Crippen LogP contribution in [0.5, 0.6) is 11.5 Å². The van der Waals surface area contributed by atoms with Gasteiger partial charge in [-0.1, -0.05) is 30.3 Å². The fourth-order valence-corrected chi connectivity index (χ4v) is 3.80. The molecule has 2 heterocycles. The van der Waals surface area contributed by atoms with Gasteiger partial charge in [-0.25, -0.2) is 0 Å². The largest absolute Gasteiger partial charge is 0.502 e. The van der Waals surface area contributed by atoms with Crippen molar-refractivity contribution in [3.05, 3.63) is 95.6 Å². The van der Waals surface area contributed by atoms with Crippen LogP contribution in [0.15, 0.2) is 79.0 Å². The van der Waals surface area contributed by atoms with Gasteiger partial charge in [0, 0.05) is 35.4 Å². The van der Waals surface area contributed by atoms with Crippen LogP contribution in [0.2, 0.25) is 0 Å². The molecule has 3 aromatic rings. The maximum atomic E-state index is 13.0. The number of hydrogen-bond donors (Lipinski definition) is 3. The van der Waals surface area contributed by atoms with Crippen LogP contribution in [0, 0.1) is 0 Å². The number of amides is 2. The monoisotopic (exact) mass is 460 g/mol. The first-order valence-corrected chi connectivity index (χ1v) is 10.5. The fraction of sp³-hybridized carbons (Fsp3) is 0.160. The van der Waals surface area contributed by atoms with E-state index in [9.17, 15) is 14.7 Å². The number of carbonyl (C=O) groups excluding carboxylic acids is 2. The molecule has 1 aliphatic heterocycles. The summed E-state index contributed by atoms with van der Waals surface area (Å²) >= 11 is 0. The molecule has 0 bridgehead atoms. The van der Waals surface area contributed by atoms with Gasteiger partial charge in [-0.15, -0.1) is 0 Å². The van der Waals surface area contributed by atoms with Crippen molar-refractivity contribution in [2.45, 2.75) is 12.7 Å². The first-order valence-electron chi connectivity index (χ1n) is 10.5. The van der Waals surface area contributed by atoms with E-state index in [1.165, 1.54) is 31.5 Å². The Morgan fingerprint density at radius 3 is 2.68 bits per heavy atom. The van der Waals surface area contributed by atoms with Crippen LogP contribution in [0.3, 0.4) is 0 Å². The normalized spacial score (nSPS) is 15.2. The number of pyridine rings is 1. The molecule has 4 rings (SSSR count). The van der Waals surface area contributed by atoms with Crippen LogP contribution in [0.25, 0.3) is 0 Å². The number of nitrogens with zero attached hydrogens (tertiary/aromatic N) is 2. The molecular formula is C25H24N4O5. The molecular weight excluding hydrogens is 436 g/mol. The van der Waals surface area contributed by atoms with Gasteiger partial charge < -0.3 is 30.1 Å². The molecule has 34 heavy (non-hydrogen) atoms. The molecule has 0 radical (unpaired) electrons. The van der Waals surface area contributed by atoms with Gasteiger partial charge in [0.1, 0.15) is 6.17 Å². The lowest BCUT2D eigenvalue weighted by Crippen LogP contribution is -2.45. The molecule has 2 amide bonds. The molecule has 0 fully saturated rings. The topological polar surface area (TPSA) is 113 Å². The average Bonchev–Trinajstić information content (AvgIpc) is 2.87.